The third-order valence-corrected chi connectivity index (χ3v) is 4.46. The fraction of sp³-hybridized carbons (Fsp3) is 0.400. The summed E-state index contributed by atoms with van der Waals surface area (Å²) < 4.78 is 18.3. The number of benzene rings is 1. The number of pyridine rings is 1. The summed E-state index contributed by atoms with van der Waals surface area (Å²) in [6.45, 7) is 5.88. The molecule has 0 saturated carbocycles. The summed E-state index contributed by atoms with van der Waals surface area (Å²) >= 11 is 0. The lowest BCUT2D eigenvalue weighted by atomic mass is 10.1. The van der Waals surface area contributed by atoms with Gasteiger partial charge in [-0.25, -0.2) is 0 Å². The van der Waals surface area contributed by atoms with Gasteiger partial charge >= 0.3 is 0 Å². The second-order valence-corrected chi connectivity index (χ2v) is 6.33. The molecule has 26 heavy (non-hydrogen) atoms. The van der Waals surface area contributed by atoms with Crippen molar-refractivity contribution in [2.24, 2.45) is 0 Å². The minimum atomic E-state index is -0.139. The van der Waals surface area contributed by atoms with Crippen LogP contribution in [0.2, 0.25) is 0 Å². The molecule has 2 atom stereocenters. The van der Waals surface area contributed by atoms with E-state index in [1.54, 1.807) is 16.7 Å². The highest BCUT2D eigenvalue weighted by molar-refractivity contribution is 5.34. The van der Waals surface area contributed by atoms with E-state index >= 15 is 0 Å². The van der Waals surface area contributed by atoms with E-state index in [0.29, 0.717) is 37.7 Å². The Bertz CT molecular complexity index is 846. The maximum Gasteiger partial charge on any atom is 0.254 e. The topological polar surface area (TPSA) is 73.5 Å². The van der Waals surface area contributed by atoms with Crippen molar-refractivity contribution in [3.63, 3.8) is 0 Å². The third-order valence-electron chi connectivity index (χ3n) is 4.46. The van der Waals surface area contributed by atoms with Gasteiger partial charge in [0.25, 0.3) is 5.56 Å². The largest absolute Gasteiger partial charge is 0.491 e. The number of ether oxygens (including phenoxy) is 3. The Labute approximate surface area is 152 Å². The molecule has 0 bridgehead atoms. The van der Waals surface area contributed by atoms with E-state index < -0.39 is 0 Å². The Morgan fingerprint density at radius 3 is 2.69 bits per heavy atom. The first-order valence-electron chi connectivity index (χ1n) is 8.64. The molecule has 1 aromatic heterocycles. The molecule has 2 aromatic rings. The predicted molar refractivity (Wildman–Crippen MR) is 96.5 cm³/mol. The third kappa shape index (κ3) is 4.13. The van der Waals surface area contributed by atoms with Crippen LogP contribution in [0.1, 0.15) is 29.8 Å². The normalized spacial score (nSPS) is 18.1. The zero-order valence-corrected chi connectivity index (χ0v) is 15.0. The van der Waals surface area contributed by atoms with Gasteiger partial charge in [0.1, 0.15) is 18.5 Å². The quantitative estimate of drug-likeness (QED) is 0.824. The number of hydrogen-bond acceptors (Lipinski definition) is 5. The van der Waals surface area contributed by atoms with Gasteiger partial charge in [-0.2, -0.15) is 5.26 Å². The van der Waals surface area contributed by atoms with Crippen molar-refractivity contribution in [2.75, 3.05) is 26.4 Å². The van der Waals surface area contributed by atoms with Gasteiger partial charge in [0, 0.05) is 11.8 Å². The first-order valence-corrected chi connectivity index (χ1v) is 8.64. The van der Waals surface area contributed by atoms with Crippen molar-refractivity contribution in [1.82, 2.24) is 4.57 Å². The van der Waals surface area contributed by atoms with Gasteiger partial charge in [0.2, 0.25) is 0 Å². The monoisotopic (exact) mass is 354 g/mol. The fourth-order valence-electron chi connectivity index (χ4n) is 3.07. The molecule has 1 aliphatic rings. The second kappa shape index (κ2) is 8.17. The van der Waals surface area contributed by atoms with Gasteiger partial charge in [-0.05, 0) is 37.6 Å². The molecular weight excluding hydrogens is 332 g/mol. The molecule has 0 radical (unpaired) electrons. The molecule has 3 rings (SSSR count). The van der Waals surface area contributed by atoms with E-state index in [2.05, 4.69) is 6.07 Å². The van der Waals surface area contributed by atoms with Crippen LogP contribution in [-0.2, 0) is 9.47 Å². The minimum absolute atomic E-state index is 0.107. The van der Waals surface area contributed by atoms with Crippen LogP contribution in [-0.4, -0.2) is 37.1 Å². The number of aromatic nitrogens is 1. The molecule has 2 heterocycles. The average Bonchev–Trinajstić information content (AvgIpc) is 2.66. The summed E-state index contributed by atoms with van der Waals surface area (Å²) in [6, 6.07) is 12.6. The zero-order chi connectivity index (χ0) is 18.5. The van der Waals surface area contributed by atoms with E-state index in [1.165, 1.54) is 6.07 Å². The lowest BCUT2D eigenvalue weighted by Gasteiger charge is -2.23. The lowest BCUT2D eigenvalue weighted by Crippen LogP contribution is -2.33. The highest BCUT2D eigenvalue weighted by atomic mass is 16.6. The lowest BCUT2D eigenvalue weighted by molar-refractivity contribution is -0.101. The van der Waals surface area contributed by atoms with Crippen molar-refractivity contribution in [3.05, 3.63) is 63.6 Å². The first-order chi connectivity index (χ1) is 12.6. The van der Waals surface area contributed by atoms with Gasteiger partial charge in [-0.1, -0.05) is 12.1 Å². The summed E-state index contributed by atoms with van der Waals surface area (Å²) in [4.78, 5) is 12.6. The number of nitriles is 1. The molecule has 136 valence electrons. The van der Waals surface area contributed by atoms with Gasteiger partial charge in [0.15, 0.2) is 0 Å². The number of aryl methyl sites for hydroxylation is 1. The smallest absolute Gasteiger partial charge is 0.254 e. The molecule has 1 fully saturated rings. The Balaban J connectivity index is 1.75. The maximum absolute atomic E-state index is 12.6. The van der Waals surface area contributed by atoms with E-state index in [4.69, 9.17) is 19.5 Å². The SMILES string of the molecule is Cc1cc(OCC2COCCO2)cc(=O)n1[C@H](C)c1ccc(C#N)cc1. The fourth-order valence-corrected chi connectivity index (χ4v) is 3.07. The summed E-state index contributed by atoms with van der Waals surface area (Å²) in [6.07, 6.45) is -0.107. The maximum atomic E-state index is 12.6. The molecular formula is C20H22N2O4. The highest BCUT2D eigenvalue weighted by Crippen LogP contribution is 2.21. The van der Waals surface area contributed by atoms with Crippen molar-refractivity contribution >= 4 is 0 Å². The van der Waals surface area contributed by atoms with Crippen LogP contribution in [0.3, 0.4) is 0 Å². The number of hydrogen-bond donors (Lipinski definition) is 0. The van der Waals surface area contributed by atoms with Crippen LogP contribution < -0.4 is 10.3 Å². The van der Waals surface area contributed by atoms with Crippen molar-refractivity contribution in [2.45, 2.75) is 26.0 Å². The predicted octanol–water partition coefficient (Wildman–Crippen LogP) is 2.43. The van der Waals surface area contributed by atoms with E-state index in [9.17, 15) is 4.79 Å². The molecule has 6 nitrogen and oxygen atoms in total. The highest BCUT2D eigenvalue weighted by Gasteiger charge is 2.17. The Hall–Kier alpha value is -2.62. The minimum Gasteiger partial charge on any atom is -0.491 e. The van der Waals surface area contributed by atoms with Crippen LogP contribution in [0, 0.1) is 18.3 Å². The Morgan fingerprint density at radius 1 is 1.31 bits per heavy atom. The summed E-state index contributed by atoms with van der Waals surface area (Å²) in [5.74, 6) is 0.532. The molecule has 0 aliphatic carbocycles. The Morgan fingerprint density at radius 2 is 2.08 bits per heavy atom. The summed E-state index contributed by atoms with van der Waals surface area (Å²) in [5, 5.41) is 8.91. The van der Waals surface area contributed by atoms with E-state index in [-0.39, 0.29) is 17.7 Å². The molecule has 0 N–H and O–H groups in total. The van der Waals surface area contributed by atoms with Crippen molar-refractivity contribution in [1.29, 1.82) is 5.26 Å². The standard InChI is InChI=1S/C20H22N2O4/c1-14-9-18(26-13-19-12-24-7-8-25-19)10-20(23)22(14)15(2)17-5-3-16(11-21)4-6-17/h3-6,9-10,15,19H,7-8,12-13H2,1-2H3/t15-,19?/m1/s1. The van der Waals surface area contributed by atoms with Gasteiger partial charge in [-0.3, -0.25) is 4.79 Å². The molecule has 1 saturated heterocycles. The molecule has 1 aromatic carbocycles. The van der Waals surface area contributed by atoms with Crippen molar-refractivity contribution in [3.8, 4) is 11.8 Å². The second-order valence-electron chi connectivity index (χ2n) is 6.33. The van der Waals surface area contributed by atoms with Crippen LogP contribution in [0.5, 0.6) is 5.75 Å². The van der Waals surface area contributed by atoms with Gasteiger partial charge < -0.3 is 18.8 Å². The zero-order valence-electron chi connectivity index (χ0n) is 15.0. The molecule has 0 spiro atoms. The van der Waals surface area contributed by atoms with Crippen LogP contribution in [0.15, 0.2) is 41.2 Å². The Kier molecular flexibility index (Phi) is 5.71. The van der Waals surface area contributed by atoms with Gasteiger partial charge in [-0.15, -0.1) is 0 Å². The molecule has 1 aliphatic heterocycles. The first kappa shape index (κ1) is 18.2. The number of rotatable bonds is 5. The molecule has 0 amide bonds. The van der Waals surface area contributed by atoms with Crippen LogP contribution >= 0.6 is 0 Å². The molecule has 6 heteroatoms. The van der Waals surface area contributed by atoms with Crippen LogP contribution in [0.25, 0.3) is 0 Å². The molecule has 1 unspecified atom stereocenters. The summed E-state index contributed by atoms with van der Waals surface area (Å²) in [7, 11) is 0. The van der Waals surface area contributed by atoms with E-state index in [0.717, 1.165) is 11.3 Å². The van der Waals surface area contributed by atoms with E-state index in [1.807, 2.05) is 32.0 Å². The summed E-state index contributed by atoms with van der Waals surface area (Å²) in [5.41, 5.74) is 2.25. The van der Waals surface area contributed by atoms with Crippen LogP contribution in [0.4, 0.5) is 0 Å². The van der Waals surface area contributed by atoms with Gasteiger partial charge in [0.05, 0.1) is 37.5 Å². The average molecular weight is 354 g/mol. The van der Waals surface area contributed by atoms with Crippen molar-refractivity contribution < 1.29 is 14.2 Å². The number of nitrogens with zero attached hydrogens (tertiary/aromatic N) is 2.